The Morgan fingerprint density at radius 3 is 2.31 bits per heavy atom. The normalized spacial score (nSPS) is 7.77. The molecule has 0 aliphatic rings. The Bertz CT molecular complexity index is 257. The Kier molecular flexibility index (Phi) is 5.97. The number of rotatable bonds is 1. The maximum atomic E-state index is 10.2. The molecule has 3 nitrogen and oxygen atoms in total. The Hall–Kier alpha value is -1.77. The molecule has 0 saturated carbocycles. The molecule has 3 heteroatoms. The molecular formula is C10H13NO2. The predicted molar refractivity (Wildman–Crippen MR) is 52.5 cm³/mol. The molecule has 0 atom stereocenters. The lowest BCUT2D eigenvalue weighted by Gasteiger charge is -1.96. The molecule has 0 aromatic heterocycles. The summed E-state index contributed by atoms with van der Waals surface area (Å²) in [5.41, 5.74) is 4.76. The summed E-state index contributed by atoms with van der Waals surface area (Å²) in [6, 6.07) is 8.67. The van der Waals surface area contributed by atoms with Crippen molar-refractivity contribution in [2.45, 2.75) is 6.92 Å². The summed E-state index contributed by atoms with van der Waals surface area (Å²) in [6.07, 6.45) is 0.964. The van der Waals surface area contributed by atoms with Gasteiger partial charge in [-0.3, -0.25) is 0 Å². The van der Waals surface area contributed by atoms with Gasteiger partial charge >= 0.3 is 6.09 Å². The van der Waals surface area contributed by atoms with E-state index in [0.29, 0.717) is 5.75 Å². The molecule has 0 radical (unpaired) electrons. The molecular weight excluding hydrogens is 166 g/mol. The summed E-state index contributed by atoms with van der Waals surface area (Å²) in [5, 5.41) is 0. The number of benzene rings is 1. The van der Waals surface area contributed by atoms with E-state index in [0.717, 1.165) is 0 Å². The van der Waals surface area contributed by atoms with E-state index in [-0.39, 0.29) is 0 Å². The van der Waals surface area contributed by atoms with Crippen LogP contribution in [0.2, 0.25) is 0 Å². The molecule has 0 bridgehead atoms. The molecule has 13 heavy (non-hydrogen) atoms. The summed E-state index contributed by atoms with van der Waals surface area (Å²) < 4.78 is 4.55. The number of carbonyl (C=O) groups excluding carboxylic acids is 1. The average Bonchev–Trinajstić information content (AvgIpc) is 2.06. The van der Waals surface area contributed by atoms with Crippen molar-refractivity contribution in [1.82, 2.24) is 0 Å². The highest BCUT2D eigenvalue weighted by atomic mass is 16.5. The van der Waals surface area contributed by atoms with Gasteiger partial charge in [-0.25, -0.2) is 4.79 Å². The van der Waals surface area contributed by atoms with Crippen LogP contribution in [0.4, 0.5) is 4.79 Å². The van der Waals surface area contributed by atoms with Crippen molar-refractivity contribution < 1.29 is 9.53 Å². The van der Waals surface area contributed by atoms with Gasteiger partial charge in [-0.1, -0.05) is 24.3 Å². The van der Waals surface area contributed by atoms with Crippen LogP contribution in [-0.4, -0.2) is 6.09 Å². The molecule has 0 aliphatic carbocycles. The monoisotopic (exact) mass is 179 g/mol. The Morgan fingerprint density at radius 1 is 1.46 bits per heavy atom. The van der Waals surface area contributed by atoms with Crippen LogP contribution in [0.1, 0.15) is 6.92 Å². The smallest absolute Gasteiger partial charge is 0.409 e. The molecule has 0 saturated heterocycles. The van der Waals surface area contributed by atoms with Crippen molar-refractivity contribution in [3.63, 3.8) is 0 Å². The Balaban J connectivity index is 0.000000424. The standard InChI is InChI=1S/C7H7NO2.C3H6/c8-7(9)10-6-4-2-1-3-5-6;1-3-2/h1-5H,(H2,8,9);3H,1H2,2H3. The lowest BCUT2D eigenvalue weighted by atomic mass is 10.3. The minimum absolute atomic E-state index is 0.468. The van der Waals surface area contributed by atoms with E-state index >= 15 is 0 Å². The maximum Gasteiger partial charge on any atom is 0.409 e. The zero-order valence-electron chi connectivity index (χ0n) is 7.57. The van der Waals surface area contributed by atoms with Crippen molar-refractivity contribution in [2.24, 2.45) is 5.73 Å². The van der Waals surface area contributed by atoms with Crippen LogP contribution in [0.3, 0.4) is 0 Å². The molecule has 0 heterocycles. The van der Waals surface area contributed by atoms with Gasteiger partial charge in [-0.2, -0.15) is 0 Å². The van der Waals surface area contributed by atoms with Crippen LogP contribution in [0.5, 0.6) is 5.75 Å². The number of allylic oxidation sites excluding steroid dienone is 1. The topological polar surface area (TPSA) is 52.3 Å². The number of primary amides is 1. The van der Waals surface area contributed by atoms with Crippen molar-refractivity contribution in [2.75, 3.05) is 0 Å². The third-order valence-electron chi connectivity index (χ3n) is 0.962. The maximum absolute atomic E-state index is 10.2. The van der Waals surface area contributed by atoms with Crippen LogP contribution in [-0.2, 0) is 0 Å². The van der Waals surface area contributed by atoms with E-state index in [9.17, 15) is 4.79 Å². The molecule has 0 fully saturated rings. The largest absolute Gasteiger partial charge is 0.411 e. The first-order valence-corrected chi connectivity index (χ1v) is 3.80. The zero-order chi connectivity index (χ0) is 10.1. The lowest BCUT2D eigenvalue weighted by molar-refractivity contribution is 0.211. The first-order valence-electron chi connectivity index (χ1n) is 3.80. The van der Waals surface area contributed by atoms with Gasteiger partial charge < -0.3 is 10.5 Å². The van der Waals surface area contributed by atoms with Crippen LogP contribution in [0, 0.1) is 0 Å². The third kappa shape index (κ3) is 6.62. The van der Waals surface area contributed by atoms with Crippen molar-refractivity contribution in [3.8, 4) is 5.75 Å². The quantitative estimate of drug-likeness (QED) is 0.672. The summed E-state index contributed by atoms with van der Waals surface area (Å²) >= 11 is 0. The van der Waals surface area contributed by atoms with Crippen LogP contribution in [0.25, 0.3) is 0 Å². The lowest BCUT2D eigenvalue weighted by Crippen LogP contribution is -2.15. The second-order valence-electron chi connectivity index (χ2n) is 2.14. The van der Waals surface area contributed by atoms with Gasteiger partial charge in [0.05, 0.1) is 0 Å². The Morgan fingerprint density at radius 2 is 1.92 bits per heavy atom. The molecule has 0 aliphatic heterocycles. The summed E-state index contributed by atoms with van der Waals surface area (Å²) in [7, 11) is 0. The van der Waals surface area contributed by atoms with Gasteiger partial charge in [0.2, 0.25) is 0 Å². The average molecular weight is 179 g/mol. The number of nitrogens with two attached hydrogens (primary N) is 1. The molecule has 1 rings (SSSR count). The molecule has 1 amide bonds. The number of carbonyl (C=O) groups is 1. The first-order chi connectivity index (χ1) is 6.20. The molecule has 0 unspecified atom stereocenters. The zero-order valence-corrected chi connectivity index (χ0v) is 7.57. The number of para-hydroxylation sites is 1. The number of hydrogen-bond donors (Lipinski definition) is 1. The van der Waals surface area contributed by atoms with Gasteiger partial charge in [-0.05, 0) is 19.1 Å². The molecule has 1 aromatic carbocycles. The fraction of sp³-hybridized carbons (Fsp3) is 0.100. The van der Waals surface area contributed by atoms with Crippen molar-refractivity contribution in [1.29, 1.82) is 0 Å². The van der Waals surface area contributed by atoms with Gasteiger partial charge in [-0.15, -0.1) is 6.58 Å². The highest BCUT2D eigenvalue weighted by Crippen LogP contribution is 2.07. The van der Waals surface area contributed by atoms with E-state index in [1.807, 2.05) is 13.0 Å². The Labute approximate surface area is 77.8 Å². The van der Waals surface area contributed by atoms with Gasteiger partial charge in [0, 0.05) is 0 Å². The molecule has 70 valence electrons. The van der Waals surface area contributed by atoms with E-state index in [2.05, 4.69) is 11.3 Å². The molecule has 1 aromatic rings. The number of ether oxygens (including phenoxy) is 1. The van der Waals surface area contributed by atoms with Crippen molar-refractivity contribution in [3.05, 3.63) is 43.0 Å². The van der Waals surface area contributed by atoms with E-state index in [1.165, 1.54) is 0 Å². The van der Waals surface area contributed by atoms with Crippen LogP contribution < -0.4 is 10.5 Å². The van der Waals surface area contributed by atoms with E-state index in [4.69, 9.17) is 5.73 Å². The van der Waals surface area contributed by atoms with E-state index in [1.54, 1.807) is 30.3 Å². The second kappa shape index (κ2) is 6.91. The summed E-state index contributed by atoms with van der Waals surface area (Å²) in [5.74, 6) is 0.468. The van der Waals surface area contributed by atoms with E-state index < -0.39 is 6.09 Å². The third-order valence-corrected chi connectivity index (χ3v) is 0.962. The van der Waals surface area contributed by atoms with Crippen LogP contribution >= 0.6 is 0 Å². The second-order valence-corrected chi connectivity index (χ2v) is 2.14. The minimum Gasteiger partial charge on any atom is -0.411 e. The fourth-order valence-electron chi connectivity index (χ4n) is 0.605. The van der Waals surface area contributed by atoms with Gasteiger partial charge in [0.15, 0.2) is 0 Å². The predicted octanol–water partition coefficient (Wildman–Crippen LogP) is 2.34. The fourth-order valence-corrected chi connectivity index (χ4v) is 0.605. The summed E-state index contributed by atoms with van der Waals surface area (Å²) in [6.45, 7) is 5.25. The van der Waals surface area contributed by atoms with Crippen molar-refractivity contribution >= 4 is 6.09 Å². The van der Waals surface area contributed by atoms with Crippen LogP contribution in [0.15, 0.2) is 43.0 Å². The number of amides is 1. The minimum atomic E-state index is -0.786. The highest BCUT2D eigenvalue weighted by molar-refractivity contribution is 5.67. The number of hydrogen-bond acceptors (Lipinski definition) is 2. The molecule has 0 spiro atoms. The van der Waals surface area contributed by atoms with Gasteiger partial charge in [0.1, 0.15) is 5.75 Å². The summed E-state index contributed by atoms with van der Waals surface area (Å²) in [4.78, 5) is 10.2. The highest BCUT2D eigenvalue weighted by Gasteiger charge is 1.93. The first kappa shape index (κ1) is 11.2. The molecule has 2 N–H and O–H groups in total. The van der Waals surface area contributed by atoms with Gasteiger partial charge in [0.25, 0.3) is 0 Å². The SMILES string of the molecule is C=CC.NC(=O)Oc1ccccc1.